The maximum absolute atomic E-state index is 12.9. The van der Waals surface area contributed by atoms with E-state index in [1.807, 2.05) is 6.92 Å². The molecule has 3 aromatic rings. The summed E-state index contributed by atoms with van der Waals surface area (Å²) >= 11 is 1.49. The van der Waals surface area contributed by atoms with Gasteiger partial charge in [0.2, 0.25) is 0 Å². The second-order valence-corrected chi connectivity index (χ2v) is 8.21. The molecule has 1 N–H and O–H groups in total. The molecule has 0 fully saturated rings. The molecule has 5 nitrogen and oxygen atoms in total. The van der Waals surface area contributed by atoms with E-state index in [4.69, 9.17) is 4.74 Å². The molecule has 0 saturated heterocycles. The van der Waals surface area contributed by atoms with Gasteiger partial charge in [0.05, 0.1) is 11.8 Å². The minimum absolute atomic E-state index is 0.0317. The first-order valence-electron chi connectivity index (χ1n) is 9.28. The number of H-pyrrole nitrogens is 1. The molecule has 0 saturated carbocycles. The molecule has 0 spiro atoms. The van der Waals surface area contributed by atoms with Gasteiger partial charge >= 0.3 is 5.97 Å². The molecule has 0 aliphatic carbocycles. The van der Waals surface area contributed by atoms with Crippen LogP contribution in [0.5, 0.6) is 0 Å². The number of ether oxygens (including phenoxy) is 1. The summed E-state index contributed by atoms with van der Waals surface area (Å²) in [5.41, 5.74) is 1.52. The first-order chi connectivity index (χ1) is 13.4. The van der Waals surface area contributed by atoms with E-state index in [-0.39, 0.29) is 24.4 Å². The zero-order chi connectivity index (χ0) is 20.3. The van der Waals surface area contributed by atoms with E-state index in [0.717, 1.165) is 23.3 Å². The summed E-state index contributed by atoms with van der Waals surface area (Å²) in [6.07, 6.45) is 1.92. The predicted molar refractivity (Wildman–Crippen MR) is 108 cm³/mol. The summed E-state index contributed by atoms with van der Waals surface area (Å²) in [6.45, 7) is 6.20. The fourth-order valence-electron chi connectivity index (χ4n) is 3.00. The monoisotopic (exact) mass is 402 g/mol. The van der Waals surface area contributed by atoms with E-state index < -0.39 is 5.97 Å². The number of nitrogens with one attached hydrogen (secondary N) is 1. The highest BCUT2D eigenvalue weighted by Gasteiger charge is 2.17. The molecule has 0 aliphatic heterocycles. The molecule has 2 aromatic heterocycles. The zero-order valence-electron chi connectivity index (χ0n) is 16.2. The number of fused-ring (bicyclic) bond motifs is 1. The second-order valence-electron chi connectivity index (χ2n) is 7.01. The van der Waals surface area contributed by atoms with E-state index in [9.17, 15) is 14.0 Å². The van der Waals surface area contributed by atoms with Crippen LogP contribution in [0.1, 0.15) is 42.1 Å². The standard InChI is InChI=1S/C21H23FN2O3S/c1-4-12(2)9-16-13(3)28-21-19(16)20(26)23-17(24-21)11-27-18(25)10-14-5-7-15(22)8-6-14/h5-8,12H,4,9-11H2,1-3H3,(H,23,24,26)/t12-/m1/s1. The molecule has 28 heavy (non-hydrogen) atoms. The van der Waals surface area contributed by atoms with Crippen LogP contribution in [0, 0.1) is 18.7 Å². The summed E-state index contributed by atoms with van der Waals surface area (Å²) < 4.78 is 18.1. The number of rotatable bonds is 7. The van der Waals surface area contributed by atoms with Crippen LogP contribution in [-0.2, 0) is 29.0 Å². The van der Waals surface area contributed by atoms with Gasteiger partial charge in [0.1, 0.15) is 23.1 Å². The van der Waals surface area contributed by atoms with Crippen LogP contribution >= 0.6 is 11.3 Å². The van der Waals surface area contributed by atoms with Gasteiger partial charge in [-0.25, -0.2) is 9.37 Å². The molecule has 148 valence electrons. The van der Waals surface area contributed by atoms with Crippen LogP contribution < -0.4 is 5.56 Å². The molecule has 0 aliphatic rings. The maximum Gasteiger partial charge on any atom is 0.310 e. The van der Waals surface area contributed by atoms with E-state index in [1.54, 1.807) is 0 Å². The third kappa shape index (κ3) is 4.65. The van der Waals surface area contributed by atoms with Crippen molar-refractivity contribution in [1.82, 2.24) is 9.97 Å². The lowest BCUT2D eigenvalue weighted by Gasteiger charge is -2.08. The Morgan fingerprint density at radius 3 is 2.71 bits per heavy atom. The summed E-state index contributed by atoms with van der Waals surface area (Å²) in [5.74, 6) is -0.00963. The summed E-state index contributed by atoms with van der Waals surface area (Å²) in [5, 5.41) is 0.643. The van der Waals surface area contributed by atoms with Crippen molar-refractivity contribution in [3.05, 3.63) is 62.3 Å². The largest absolute Gasteiger partial charge is 0.457 e. The number of thiophene rings is 1. The maximum atomic E-state index is 12.9. The normalized spacial score (nSPS) is 12.3. The number of esters is 1. The van der Waals surface area contributed by atoms with Crippen molar-refractivity contribution in [2.45, 2.75) is 46.6 Å². The molecule has 1 aromatic carbocycles. The van der Waals surface area contributed by atoms with Crippen LogP contribution in [-0.4, -0.2) is 15.9 Å². The van der Waals surface area contributed by atoms with E-state index in [0.29, 0.717) is 27.5 Å². The summed E-state index contributed by atoms with van der Waals surface area (Å²) in [4.78, 5) is 33.6. The minimum Gasteiger partial charge on any atom is -0.457 e. The van der Waals surface area contributed by atoms with E-state index in [2.05, 4.69) is 23.8 Å². The number of aromatic nitrogens is 2. The average molecular weight is 402 g/mol. The van der Waals surface area contributed by atoms with Gasteiger partial charge in [-0.2, -0.15) is 0 Å². The van der Waals surface area contributed by atoms with Crippen molar-refractivity contribution in [3.8, 4) is 0 Å². The van der Waals surface area contributed by atoms with E-state index >= 15 is 0 Å². The third-order valence-electron chi connectivity index (χ3n) is 4.79. The molecule has 0 bridgehead atoms. The molecule has 0 radical (unpaired) electrons. The Labute approximate surface area is 166 Å². The predicted octanol–water partition coefficient (Wildman–Crippen LogP) is 4.31. The van der Waals surface area contributed by atoms with Crippen molar-refractivity contribution >= 4 is 27.5 Å². The molecule has 7 heteroatoms. The summed E-state index contributed by atoms with van der Waals surface area (Å²) in [7, 11) is 0. The number of carbonyl (C=O) groups is 1. The van der Waals surface area contributed by atoms with Gasteiger partial charge in [-0.3, -0.25) is 9.59 Å². The van der Waals surface area contributed by atoms with Crippen LogP contribution in [0.15, 0.2) is 29.1 Å². The number of carbonyl (C=O) groups excluding carboxylic acids is 1. The van der Waals surface area contributed by atoms with Gasteiger partial charge in [-0.1, -0.05) is 32.4 Å². The Morgan fingerprint density at radius 1 is 1.32 bits per heavy atom. The topological polar surface area (TPSA) is 72.0 Å². The van der Waals surface area contributed by atoms with Crippen LogP contribution in [0.4, 0.5) is 4.39 Å². The number of halogens is 1. The highest BCUT2D eigenvalue weighted by molar-refractivity contribution is 7.18. The van der Waals surface area contributed by atoms with Crippen molar-refractivity contribution in [3.63, 3.8) is 0 Å². The van der Waals surface area contributed by atoms with Gasteiger partial charge in [-0.05, 0) is 42.5 Å². The minimum atomic E-state index is -0.464. The van der Waals surface area contributed by atoms with Crippen LogP contribution in [0.25, 0.3) is 10.2 Å². The van der Waals surface area contributed by atoms with Crippen LogP contribution in [0.3, 0.4) is 0 Å². The highest BCUT2D eigenvalue weighted by Crippen LogP contribution is 2.29. The third-order valence-corrected chi connectivity index (χ3v) is 5.83. The Kier molecular flexibility index (Phi) is 6.24. The fraction of sp³-hybridized carbons (Fsp3) is 0.381. The number of hydrogen-bond donors (Lipinski definition) is 1. The lowest BCUT2D eigenvalue weighted by atomic mass is 9.98. The second kappa shape index (κ2) is 8.65. The van der Waals surface area contributed by atoms with Gasteiger partial charge in [-0.15, -0.1) is 11.3 Å². The van der Waals surface area contributed by atoms with E-state index in [1.165, 1.54) is 35.6 Å². The Morgan fingerprint density at radius 2 is 2.04 bits per heavy atom. The van der Waals surface area contributed by atoms with Crippen molar-refractivity contribution in [2.75, 3.05) is 0 Å². The quantitative estimate of drug-likeness (QED) is 0.598. The van der Waals surface area contributed by atoms with Crippen molar-refractivity contribution in [2.24, 2.45) is 5.92 Å². The average Bonchev–Trinajstić information content (AvgIpc) is 2.97. The zero-order valence-corrected chi connectivity index (χ0v) is 17.0. The van der Waals surface area contributed by atoms with Gasteiger partial charge in [0, 0.05) is 4.88 Å². The first kappa shape index (κ1) is 20.2. The van der Waals surface area contributed by atoms with Crippen molar-refractivity contribution in [1.29, 1.82) is 0 Å². The number of benzene rings is 1. The molecular weight excluding hydrogens is 379 g/mol. The molecule has 2 heterocycles. The lowest BCUT2D eigenvalue weighted by molar-refractivity contribution is -0.144. The van der Waals surface area contributed by atoms with Crippen LogP contribution in [0.2, 0.25) is 0 Å². The van der Waals surface area contributed by atoms with Gasteiger partial charge < -0.3 is 9.72 Å². The molecular formula is C21H23FN2O3S. The number of aryl methyl sites for hydroxylation is 1. The smallest absolute Gasteiger partial charge is 0.310 e. The van der Waals surface area contributed by atoms with Gasteiger partial charge in [0.15, 0.2) is 0 Å². The molecule has 0 amide bonds. The Hall–Kier alpha value is -2.54. The van der Waals surface area contributed by atoms with Crippen molar-refractivity contribution < 1.29 is 13.9 Å². The molecule has 3 rings (SSSR count). The Bertz CT molecular complexity index is 1040. The first-order valence-corrected chi connectivity index (χ1v) is 10.1. The lowest BCUT2D eigenvalue weighted by Crippen LogP contribution is -2.15. The number of nitrogens with zero attached hydrogens (tertiary/aromatic N) is 1. The number of hydrogen-bond acceptors (Lipinski definition) is 5. The molecule has 0 unspecified atom stereocenters. The Balaban J connectivity index is 1.73. The fourth-order valence-corrected chi connectivity index (χ4v) is 4.07. The SMILES string of the molecule is CC[C@@H](C)Cc1c(C)sc2nc(COC(=O)Cc3ccc(F)cc3)[nH]c(=O)c12. The molecule has 1 atom stereocenters. The summed E-state index contributed by atoms with van der Waals surface area (Å²) in [6, 6.07) is 5.67. The highest BCUT2D eigenvalue weighted by atomic mass is 32.1. The number of aromatic amines is 1. The van der Waals surface area contributed by atoms with Gasteiger partial charge in [0.25, 0.3) is 5.56 Å².